The molecule has 3 N–H and O–H groups in total. The smallest absolute Gasteiger partial charge is 0.243 e. The molecule has 0 saturated carbocycles. The van der Waals surface area contributed by atoms with Crippen molar-refractivity contribution in [1.29, 1.82) is 0 Å². The first-order chi connectivity index (χ1) is 12.1. The molecular formula is C18H27FN4O3. The molecule has 0 bridgehead atoms. The number of hydrogen-bond donors (Lipinski definition) is 3. The first-order valence-corrected chi connectivity index (χ1v) is 8.44. The van der Waals surface area contributed by atoms with E-state index in [0.717, 1.165) is 0 Å². The van der Waals surface area contributed by atoms with E-state index >= 15 is 0 Å². The molecular weight excluding hydrogens is 339 g/mol. The van der Waals surface area contributed by atoms with Crippen molar-refractivity contribution >= 4 is 23.4 Å². The summed E-state index contributed by atoms with van der Waals surface area (Å²) in [5, 5.41) is 7.89. The van der Waals surface area contributed by atoms with Crippen LogP contribution in [0.2, 0.25) is 0 Å². The maximum atomic E-state index is 12.8. The molecule has 1 aromatic rings. The topological polar surface area (TPSA) is 90.5 Å². The Morgan fingerprint density at radius 3 is 2.12 bits per heavy atom. The largest absolute Gasteiger partial charge is 0.350 e. The van der Waals surface area contributed by atoms with Gasteiger partial charge in [-0.25, -0.2) is 4.39 Å². The Labute approximate surface area is 153 Å². The maximum Gasteiger partial charge on any atom is 0.243 e. The molecule has 8 heteroatoms. The molecule has 0 unspecified atom stereocenters. The van der Waals surface area contributed by atoms with Crippen LogP contribution in [0, 0.1) is 5.82 Å². The average molecular weight is 366 g/mol. The van der Waals surface area contributed by atoms with Gasteiger partial charge in [-0.1, -0.05) is 6.92 Å². The fourth-order valence-corrected chi connectivity index (χ4v) is 2.12. The number of amides is 3. The highest BCUT2D eigenvalue weighted by atomic mass is 19.1. The lowest BCUT2D eigenvalue weighted by atomic mass is 10.1. The van der Waals surface area contributed by atoms with E-state index in [1.54, 1.807) is 4.90 Å². The van der Waals surface area contributed by atoms with Crippen LogP contribution in [0.1, 0.15) is 27.7 Å². The minimum absolute atomic E-state index is 0.0118. The van der Waals surface area contributed by atoms with E-state index in [1.165, 1.54) is 24.3 Å². The average Bonchev–Trinajstić information content (AvgIpc) is 2.52. The van der Waals surface area contributed by atoms with Crippen molar-refractivity contribution in [2.45, 2.75) is 33.2 Å². The van der Waals surface area contributed by atoms with Gasteiger partial charge in [0.25, 0.3) is 0 Å². The third-order valence-corrected chi connectivity index (χ3v) is 3.27. The molecule has 0 spiro atoms. The number of benzene rings is 1. The van der Waals surface area contributed by atoms with E-state index in [9.17, 15) is 18.8 Å². The molecule has 144 valence electrons. The van der Waals surface area contributed by atoms with Gasteiger partial charge in [0, 0.05) is 11.2 Å². The summed E-state index contributed by atoms with van der Waals surface area (Å²) in [6.45, 7) is 7.92. The van der Waals surface area contributed by atoms with Gasteiger partial charge >= 0.3 is 0 Å². The Hall–Kier alpha value is -2.48. The van der Waals surface area contributed by atoms with Gasteiger partial charge in [0.15, 0.2) is 0 Å². The summed E-state index contributed by atoms with van der Waals surface area (Å²) < 4.78 is 12.8. The number of carbonyl (C=O) groups excluding carboxylic acids is 3. The van der Waals surface area contributed by atoms with Crippen molar-refractivity contribution in [1.82, 2.24) is 15.5 Å². The van der Waals surface area contributed by atoms with Crippen LogP contribution >= 0.6 is 0 Å². The standard InChI is InChI=1S/C18H27FN4O3/c1-5-23(12-17(26)22-18(2,3)4)11-16(25)20-10-15(24)21-14-8-6-13(19)7-9-14/h6-9H,5,10-12H2,1-4H3,(H,20,25)(H,21,24)(H,22,26). The Morgan fingerprint density at radius 1 is 1.00 bits per heavy atom. The molecule has 0 aliphatic heterocycles. The van der Waals surface area contributed by atoms with Gasteiger partial charge in [-0.05, 0) is 51.6 Å². The van der Waals surface area contributed by atoms with Crippen LogP contribution in [0.3, 0.4) is 0 Å². The number of anilines is 1. The van der Waals surface area contributed by atoms with Crippen LogP contribution in [0.4, 0.5) is 10.1 Å². The van der Waals surface area contributed by atoms with Gasteiger partial charge in [-0.15, -0.1) is 0 Å². The highest BCUT2D eigenvalue weighted by molar-refractivity contribution is 5.94. The molecule has 1 rings (SSSR count). The minimum Gasteiger partial charge on any atom is -0.350 e. The SMILES string of the molecule is CCN(CC(=O)NCC(=O)Nc1ccc(F)cc1)CC(=O)NC(C)(C)C. The van der Waals surface area contributed by atoms with Gasteiger partial charge in [0.05, 0.1) is 19.6 Å². The molecule has 3 amide bonds. The number of likely N-dealkylation sites (N-methyl/N-ethyl adjacent to an activating group) is 1. The van der Waals surface area contributed by atoms with Gasteiger partial charge in [0.2, 0.25) is 17.7 Å². The van der Waals surface area contributed by atoms with Crippen molar-refractivity contribution in [2.24, 2.45) is 0 Å². The summed E-state index contributed by atoms with van der Waals surface area (Å²) in [6.07, 6.45) is 0. The zero-order valence-corrected chi connectivity index (χ0v) is 15.7. The maximum absolute atomic E-state index is 12.8. The summed E-state index contributed by atoms with van der Waals surface area (Å²) in [6, 6.07) is 5.33. The molecule has 0 radical (unpaired) electrons. The van der Waals surface area contributed by atoms with Crippen molar-refractivity contribution in [3.05, 3.63) is 30.1 Å². The van der Waals surface area contributed by atoms with E-state index in [4.69, 9.17) is 0 Å². The van der Waals surface area contributed by atoms with E-state index in [0.29, 0.717) is 12.2 Å². The number of nitrogens with zero attached hydrogens (tertiary/aromatic N) is 1. The van der Waals surface area contributed by atoms with E-state index in [1.807, 2.05) is 27.7 Å². The second kappa shape index (κ2) is 9.86. The molecule has 0 aliphatic carbocycles. The van der Waals surface area contributed by atoms with Crippen molar-refractivity contribution < 1.29 is 18.8 Å². The minimum atomic E-state index is -0.418. The Kier molecular flexibility index (Phi) is 8.18. The van der Waals surface area contributed by atoms with Crippen LogP contribution in [0.5, 0.6) is 0 Å². The van der Waals surface area contributed by atoms with E-state index < -0.39 is 11.7 Å². The first kappa shape index (κ1) is 21.6. The number of rotatable bonds is 8. The Morgan fingerprint density at radius 2 is 1.58 bits per heavy atom. The second-order valence-corrected chi connectivity index (χ2v) is 6.93. The van der Waals surface area contributed by atoms with E-state index in [-0.39, 0.29) is 37.0 Å². The quantitative estimate of drug-likeness (QED) is 0.643. The highest BCUT2D eigenvalue weighted by Gasteiger charge is 2.18. The molecule has 0 aliphatic rings. The van der Waals surface area contributed by atoms with E-state index in [2.05, 4.69) is 16.0 Å². The van der Waals surface area contributed by atoms with Crippen molar-refractivity contribution in [3.8, 4) is 0 Å². The third kappa shape index (κ3) is 9.12. The number of halogens is 1. The molecule has 0 heterocycles. The Bertz CT molecular complexity index is 626. The first-order valence-electron chi connectivity index (χ1n) is 8.44. The summed E-state index contributed by atoms with van der Waals surface area (Å²) in [5.41, 5.74) is 0.108. The van der Waals surface area contributed by atoms with Gasteiger partial charge in [-0.3, -0.25) is 19.3 Å². The van der Waals surface area contributed by atoms with Crippen LogP contribution < -0.4 is 16.0 Å². The predicted molar refractivity (Wildman–Crippen MR) is 98.0 cm³/mol. The highest BCUT2D eigenvalue weighted by Crippen LogP contribution is 2.07. The summed E-state index contributed by atoms with van der Waals surface area (Å²) in [5.74, 6) is -1.34. The predicted octanol–water partition coefficient (Wildman–Crippen LogP) is 1.12. The monoisotopic (exact) mass is 366 g/mol. The lowest BCUT2D eigenvalue weighted by molar-refractivity contribution is -0.127. The molecule has 0 fully saturated rings. The molecule has 0 atom stereocenters. The zero-order valence-electron chi connectivity index (χ0n) is 15.7. The summed E-state index contributed by atoms with van der Waals surface area (Å²) >= 11 is 0. The summed E-state index contributed by atoms with van der Waals surface area (Å²) in [7, 11) is 0. The van der Waals surface area contributed by atoms with Crippen LogP contribution in [-0.2, 0) is 14.4 Å². The molecule has 1 aromatic carbocycles. The van der Waals surface area contributed by atoms with Crippen LogP contribution in [0.15, 0.2) is 24.3 Å². The fraction of sp³-hybridized carbons (Fsp3) is 0.500. The lowest BCUT2D eigenvalue weighted by Gasteiger charge is -2.24. The molecule has 7 nitrogen and oxygen atoms in total. The number of hydrogen-bond acceptors (Lipinski definition) is 4. The van der Waals surface area contributed by atoms with Crippen molar-refractivity contribution in [3.63, 3.8) is 0 Å². The van der Waals surface area contributed by atoms with Gasteiger partial charge < -0.3 is 16.0 Å². The van der Waals surface area contributed by atoms with Gasteiger partial charge in [0.1, 0.15) is 5.82 Å². The number of nitrogens with one attached hydrogen (secondary N) is 3. The molecule has 0 aromatic heterocycles. The van der Waals surface area contributed by atoms with Crippen molar-refractivity contribution in [2.75, 3.05) is 31.5 Å². The van der Waals surface area contributed by atoms with Crippen LogP contribution in [0.25, 0.3) is 0 Å². The Balaban J connectivity index is 2.38. The van der Waals surface area contributed by atoms with Gasteiger partial charge in [-0.2, -0.15) is 0 Å². The van der Waals surface area contributed by atoms with Crippen LogP contribution in [-0.4, -0.2) is 54.3 Å². The number of carbonyl (C=O) groups is 3. The molecule has 0 saturated heterocycles. The lowest BCUT2D eigenvalue weighted by Crippen LogP contribution is -2.48. The summed E-state index contributed by atoms with van der Waals surface area (Å²) in [4.78, 5) is 37.4. The fourth-order valence-electron chi connectivity index (χ4n) is 2.12. The normalized spacial score (nSPS) is 11.2. The second-order valence-electron chi connectivity index (χ2n) is 6.93. The third-order valence-electron chi connectivity index (χ3n) is 3.27. The molecule has 26 heavy (non-hydrogen) atoms. The zero-order chi connectivity index (χ0) is 19.7.